The smallest absolute Gasteiger partial charge is 0.330 e. The van der Waals surface area contributed by atoms with Crippen molar-refractivity contribution in [2.45, 2.75) is 12.5 Å². The van der Waals surface area contributed by atoms with Gasteiger partial charge in [0.2, 0.25) is 0 Å². The zero-order valence-corrected chi connectivity index (χ0v) is 8.91. The van der Waals surface area contributed by atoms with Crippen LogP contribution in [0.15, 0.2) is 24.3 Å². The van der Waals surface area contributed by atoms with Gasteiger partial charge in [0.1, 0.15) is 5.01 Å². The fourth-order valence-corrected chi connectivity index (χ4v) is 2.20. The van der Waals surface area contributed by atoms with E-state index in [1.807, 2.05) is 24.3 Å². The number of para-hydroxylation sites is 1. The second-order valence-electron chi connectivity index (χ2n) is 3.49. The van der Waals surface area contributed by atoms with Gasteiger partial charge in [-0.2, -0.15) is 0 Å². The fraction of sp³-hybridized carbons (Fsp3) is 0.200. The molecule has 0 aliphatic rings. The molecular weight excluding hydrogens is 212 g/mol. The minimum absolute atomic E-state index is 0.427. The topological polar surface area (TPSA) is 76.2 Å². The molecule has 1 aromatic heterocycles. The highest BCUT2D eigenvalue weighted by Crippen LogP contribution is 2.28. The molecule has 1 heterocycles. The van der Waals surface area contributed by atoms with Gasteiger partial charge in [-0.25, -0.2) is 9.78 Å². The average molecular weight is 222 g/mol. The Bertz CT molecular complexity index is 486. The van der Waals surface area contributed by atoms with Crippen LogP contribution in [0.1, 0.15) is 11.9 Å². The Hall–Kier alpha value is -1.46. The zero-order valence-electron chi connectivity index (χ0n) is 8.10. The van der Waals surface area contributed by atoms with Gasteiger partial charge in [0, 0.05) is 0 Å². The van der Waals surface area contributed by atoms with Crippen molar-refractivity contribution in [2.75, 3.05) is 0 Å². The molecule has 0 saturated carbocycles. The predicted molar refractivity (Wildman–Crippen MR) is 58.8 cm³/mol. The van der Waals surface area contributed by atoms with E-state index in [-0.39, 0.29) is 0 Å². The molecule has 0 fully saturated rings. The van der Waals surface area contributed by atoms with E-state index in [1.54, 1.807) is 0 Å². The van der Waals surface area contributed by atoms with Crippen molar-refractivity contribution in [3.63, 3.8) is 0 Å². The van der Waals surface area contributed by atoms with Crippen molar-refractivity contribution < 1.29 is 9.90 Å². The van der Waals surface area contributed by atoms with Crippen LogP contribution in [0.2, 0.25) is 0 Å². The molecule has 1 aromatic carbocycles. The first kappa shape index (κ1) is 10.1. The minimum atomic E-state index is -1.41. The summed E-state index contributed by atoms with van der Waals surface area (Å²) in [6.45, 7) is 1.45. The molecule has 0 aliphatic carbocycles. The second kappa shape index (κ2) is 3.29. The molecule has 0 unspecified atom stereocenters. The molecule has 4 nitrogen and oxygen atoms in total. The molecule has 15 heavy (non-hydrogen) atoms. The second-order valence-corrected chi connectivity index (χ2v) is 4.52. The molecule has 1 atom stereocenters. The number of benzene rings is 1. The molecular formula is C10H10N2O2S. The lowest BCUT2D eigenvalue weighted by atomic mass is 10.1. The van der Waals surface area contributed by atoms with Gasteiger partial charge in [-0.3, -0.25) is 0 Å². The number of carboxylic acids is 1. The van der Waals surface area contributed by atoms with Crippen LogP contribution in [0.4, 0.5) is 0 Å². The molecule has 78 valence electrons. The maximum Gasteiger partial charge on any atom is 0.330 e. The van der Waals surface area contributed by atoms with Crippen molar-refractivity contribution in [3.8, 4) is 0 Å². The van der Waals surface area contributed by atoms with Crippen LogP contribution in [0.3, 0.4) is 0 Å². The molecule has 0 radical (unpaired) electrons. The van der Waals surface area contributed by atoms with Gasteiger partial charge >= 0.3 is 5.97 Å². The first-order chi connectivity index (χ1) is 7.01. The van der Waals surface area contributed by atoms with Crippen LogP contribution in [0, 0.1) is 0 Å². The summed E-state index contributed by atoms with van der Waals surface area (Å²) >= 11 is 1.32. The summed E-state index contributed by atoms with van der Waals surface area (Å²) in [5.74, 6) is -1.07. The van der Waals surface area contributed by atoms with Crippen molar-refractivity contribution in [1.82, 2.24) is 4.98 Å². The quantitative estimate of drug-likeness (QED) is 0.808. The number of nitrogens with two attached hydrogens (primary N) is 1. The fourth-order valence-electron chi connectivity index (χ4n) is 1.19. The number of carboxylic acid groups (broad SMARTS) is 1. The highest BCUT2D eigenvalue weighted by atomic mass is 32.1. The Morgan fingerprint density at radius 3 is 2.80 bits per heavy atom. The number of nitrogens with zero attached hydrogens (tertiary/aromatic N) is 1. The molecule has 0 amide bonds. The number of aromatic nitrogens is 1. The Morgan fingerprint density at radius 1 is 1.53 bits per heavy atom. The van der Waals surface area contributed by atoms with Crippen molar-refractivity contribution in [3.05, 3.63) is 29.3 Å². The summed E-state index contributed by atoms with van der Waals surface area (Å²) in [7, 11) is 0. The van der Waals surface area contributed by atoms with Gasteiger partial charge in [-0.05, 0) is 19.1 Å². The van der Waals surface area contributed by atoms with Crippen molar-refractivity contribution in [2.24, 2.45) is 5.73 Å². The van der Waals surface area contributed by atoms with Crippen LogP contribution in [0.5, 0.6) is 0 Å². The number of hydrogen-bond donors (Lipinski definition) is 2. The predicted octanol–water partition coefficient (Wildman–Crippen LogP) is 1.55. The van der Waals surface area contributed by atoms with E-state index in [1.165, 1.54) is 18.3 Å². The molecule has 0 saturated heterocycles. The van der Waals surface area contributed by atoms with Crippen molar-refractivity contribution >= 4 is 27.5 Å². The minimum Gasteiger partial charge on any atom is -0.480 e. The molecule has 5 heteroatoms. The van der Waals surface area contributed by atoms with Crippen LogP contribution in [0.25, 0.3) is 10.2 Å². The van der Waals surface area contributed by atoms with E-state index in [2.05, 4.69) is 4.98 Å². The van der Waals surface area contributed by atoms with Gasteiger partial charge in [0.05, 0.1) is 10.2 Å². The van der Waals surface area contributed by atoms with E-state index in [0.717, 1.165) is 10.2 Å². The monoisotopic (exact) mass is 222 g/mol. The highest BCUT2D eigenvalue weighted by molar-refractivity contribution is 7.18. The summed E-state index contributed by atoms with van der Waals surface area (Å²) in [6, 6.07) is 7.49. The Balaban J connectivity index is 2.58. The van der Waals surface area contributed by atoms with Gasteiger partial charge in [-0.15, -0.1) is 11.3 Å². The third kappa shape index (κ3) is 1.60. The Morgan fingerprint density at radius 2 is 2.20 bits per heavy atom. The largest absolute Gasteiger partial charge is 0.480 e. The van der Waals surface area contributed by atoms with Gasteiger partial charge in [0.15, 0.2) is 5.54 Å². The third-order valence-electron chi connectivity index (χ3n) is 2.18. The number of aliphatic carboxylic acids is 1. The van der Waals surface area contributed by atoms with Gasteiger partial charge < -0.3 is 10.8 Å². The third-order valence-corrected chi connectivity index (χ3v) is 3.46. The zero-order chi connectivity index (χ0) is 11.1. The normalized spacial score (nSPS) is 15.1. The number of carbonyl (C=O) groups is 1. The van der Waals surface area contributed by atoms with E-state index >= 15 is 0 Å². The van der Waals surface area contributed by atoms with Crippen LogP contribution >= 0.6 is 11.3 Å². The van der Waals surface area contributed by atoms with E-state index in [0.29, 0.717) is 5.01 Å². The van der Waals surface area contributed by atoms with Gasteiger partial charge in [-0.1, -0.05) is 12.1 Å². The summed E-state index contributed by atoms with van der Waals surface area (Å²) in [5, 5.41) is 9.39. The molecule has 2 aromatic rings. The number of fused-ring (bicyclic) bond motifs is 1. The van der Waals surface area contributed by atoms with Crippen LogP contribution < -0.4 is 5.73 Å². The Labute approximate surface area is 90.4 Å². The lowest BCUT2D eigenvalue weighted by molar-refractivity contribution is -0.143. The highest BCUT2D eigenvalue weighted by Gasteiger charge is 2.33. The van der Waals surface area contributed by atoms with Gasteiger partial charge in [0.25, 0.3) is 0 Å². The number of hydrogen-bond acceptors (Lipinski definition) is 4. The molecule has 0 spiro atoms. The summed E-state index contributed by atoms with van der Waals surface area (Å²) in [5.41, 5.74) is 5.07. The van der Waals surface area contributed by atoms with E-state index < -0.39 is 11.5 Å². The lowest BCUT2D eigenvalue weighted by Gasteiger charge is -2.14. The first-order valence-electron chi connectivity index (χ1n) is 4.40. The van der Waals surface area contributed by atoms with Crippen molar-refractivity contribution in [1.29, 1.82) is 0 Å². The summed E-state index contributed by atoms with van der Waals surface area (Å²) < 4.78 is 0.949. The SMILES string of the molecule is C[C@](N)(C(=O)O)c1nc2ccccc2s1. The molecule has 0 aliphatic heterocycles. The molecule has 2 rings (SSSR count). The first-order valence-corrected chi connectivity index (χ1v) is 5.22. The van der Waals surface area contributed by atoms with E-state index in [9.17, 15) is 4.79 Å². The molecule has 3 N–H and O–H groups in total. The maximum atomic E-state index is 10.9. The van der Waals surface area contributed by atoms with Crippen LogP contribution in [-0.4, -0.2) is 16.1 Å². The van der Waals surface area contributed by atoms with Crippen LogP contribution in [-0.2, 0) is 10.3 Å². The van der Waals surface area contributed by atoms with E-state index in [4.69, 9.17) is 10.8 Å². The Kier molecular flexibility index (Phi) is 2.21. The maximum absolute atomic E-state index is 10.9. The summed E-state index contributed by atoms with van der Waals surface area (Å²) in [4.78, 5) is 15.2. The average Bonchev–Trinajstić information content (AvgIpc) is 2.61. The molecule has 0 bridgehead atoms. The standard InChI is InChI=1S/C10H10N2O2S/c1-10(11,9(13)14)8-12-6-4-2-3-5-7(6)15-8/h2-5H,11H2,1H3,(H,13,14)/t10-/m1/s1. The number of rotatable bonds is 2. The summed E-state index contributed by atoms with van der Waals surface area (Å²) in [6.07, 6.45) is 0. The number of thiazole rings is 1. The lowest BCUT2D eigenvalue weighted by Crippen LogP contribution is -2.41.